The van der Waals surface area contributed by atoms with Crippen LogP contribution in [0.25, 0.3) is 0 Å². The Morgan fingerprint density at radius 2 is 2.04 bits per heavy atom. The van der Waals surface area contributed by atoms with Gasteiger partial charge in [0.15, 0.2) is 5.96 Å². The topological polar surface area (TPSA) is 48.9 Å². The van der Waals surface area contributed by atoms with Crippen molar-refractivity contribution in [3.63, 3.8) is 0 Å². The third kappa shape index (κ3) is 7.80. The molecule has 0 spiro atoms. The highest BCUT2D eigenvalue weighted by Gasteiger charge is 2.22. The van der Waals surface area contributed by atoms with Gasteiger partial charge in [-0.15, -0.1) is 24.0 Å². The Morgan fingerprint density at radius 1 is 1.23 bits per heavy atom. The molecule has 2 fully saturated rings. The molecule has 0 bridgehead atoms. The number of piperidine rings is 1. The molecule has 1 saturated heterocycles. The lowest BCUT2D eigenvalue weighted by Gasteiger charge is -2.34. The number of rotatable bonds is 8. The van der Waals surface area contributed by atoms with Crippen molar-refractivity contribution >= 4 is 29.9 Å². The summed E-state index contributed by atoms with van der Waals surface area (Å²) in [4.78, 5) is 6.89. The number of nitrogens with one attached hydrogen (secondary N) is 2. The molecule has 1 unspecified atom stereocenters. The number of hydrogen-bond donors (Lipinski definition) is 2. The van der Waals surface area contributed by atoms with Crippen molar-refractivity contribution in [1.82, 2.24) is 15.5 Å². The second-order valence-electron chi connectivity index (χ2n) is 7.22. The molecule has 3 rings (SSSR count). The first-order valence-electron chi connectivity index (χ1n) is 9.64. The van der Waals surface area contributed by atoms with E-state index in [1.54, 1.807) is 0 Å². The highest BCUT2D eigenvalue weighted by Crippen LogP contribution is 2.28. The van der Waals surface area contributed by atoms with E-state index in [-0.39, 0.29) is 24.0 Å². The predicted octanol–water partition coefficient (Wildman–Crippen LogP) is 2.86. The Morgan fingerprint density at radius 3 is 2.77 bits per heavy atom. The van der Waals surface area contributed by atoms with Crippen LogP contribution in [-0.2, 0) is 11.3 Å². The molecular weight excluding hydrogens is 439 g/mol. The molecule has 26 heavy (non-hydrogen) atoms. The third-order valence-electron chi connectivity index (χ3n) is 4.91. The van der Waals surface area contributed by atoms with Crippen LogP contribution >= 0.6 is 24.0 Å². The Hall–Kier alpha value is -0.860. The first kappa shape index (κ1) is 21.4. The van der Waals surface area contributed by atoms with Gasteiger partial charge >= 0.3 is 0 Å². The summed E-state index contributed by atoms with van der Waals surface area (Å²) < 4.78 is 5.67. The van der Waals surface area contributed by atoms with Gasteiger partial charge in [0.2, 0.25) is 0 Å². The average molecular weight is 472 g/mol. The summed E-state index contributed by atoms with van der Waals surface area (Å²) in [6.45, 7) is 5.75. The molecule has 0 radical (unpaired) electrons. The normalized spacial score (nSPS) is 21.1. The van der Waals surface area contributed by atoms with Crippen molar-refractivity contribution in [2.24, 2.45) is 10.9 Å². The first-order chi connectivity index (χ1) is 12.3. The highest BCUT2D eigenvalue weighted by molar-refractivity contribution is 14.0. The van der Waals surface area contributed by atoms with Crippen molar-refractivity contribution in [3.8, 4) is 0 Å². The van der Waals surface area contributed by atoms with Crippen LogP contribution in [0, 0.1) is 5.92 Å². The molecular formula is C20H33IN4O. The van der Waals surface area contributed by atoms with Crippen LogP contribution < -0.4 is 10.6 Å². The minimum absolute atomic E-state index is 0. The van der Waals surface area contributed by atoms with Crippen molar-refractivity contribution in [2.45, 2.75) is 38.3 Å². The van der Waals surface area contributed by atoms with Crippen molar-refractivity contribution < 1.29 is 4.74 Å². The number of halogens is 1. The summed E-state index contributed by atoms with van der Waals surface area (Å²) in [5.74, 6) is 1.72. The minimum atomic E-state index is 0. The van der Waals surface area contributed by atoms with Crippen LogP contribution in [0.5, 0.6) is 0 Å². The Labute approximate surface area is 175 Å². The standard InChI is InChI=1S/C20H32N4O.HI/c1-21-20(22-11-13-25-16-18-9-10-18)23-19-8-5-12-24(15-19)14-17-6-3-2-4-7-17;/h2-4,6-7,18-19H,5,8-16H2,1H3,(H2,21,22,23);1H. The number of likely N-dealkylation sites (tertiary alicyclic amines) is 1. The van der Waals surface area contributed by atoms with Crippen molar-refractivity contribution in [1.29, 1.82) is 0 Å². The second kappa shape index (κ2) is 11.8. The molecule has 2 N–H and O–H groups in total. The maximum Gasteiger partial charge on any atom is 0.191 e. The molecule has 2 aliphatic rings. The van der Waals surface area contributed by atoms with Gasteiger partial charge in [-0.2, -0.15) is 0 Å². The van der Waals surface area contributed by atoms with Crippen LogP contribution in [0.3, 0.4) is 0 Å². The number of nitrogens with zero attached hydrogens (tertiary/aromatic N) is 2. The van der Waals surface area contributed by atoms with Gasteiger partial charge in [0.1, 0.15) is 0 Å². The quantitative estimate of drug-likeness (QED) is 0.265. The van der Waals surface area contributed by atoms with E-state index < -0.39 is 0 Å². The number of hydrogen-bond acceptors (Lipinski definition) is 3. The van der Waals surface area contributed by atoms with Gasteiger partial charge in [-0.1, -0.05) is 30.3 Å². The van der Waals surface area contributed by atoms with E-state index >= 15 is 0 Å². The molecule has 1 aromatic carbocycles. The van der Waals surface area contributed by atoms with Crippen LogP contribution in [0.15, 0.2) is 35.3 Å². The fraction of sp³-hybridized carbons (Fsp3) is 0.650. The van der Waals surface area contributed by atoms with E-state index in [2.05, 4.69) is 50.9 Å². The molecule has 1 saturated carbocycles. The molecule has 1 aliphatic heterocycles. The number of guanidine groups is 1. The van der Waals surface area contributed by atoms with E-state index in [9.17, 15) is 0 Å². The lowest BCUT2D eigenvalue weighted by molar-refractivity contribution is 0.128. The molecule has 1 aromatic rings. The zero-order valence-corrected chi connectivity index (χ0v) is 18.2. The molecule has 1 heterocycles. The molecule has 0 amide bonds. The molecule has 5 nitrogen and oxygen atoms in total. The minimum Gasteiger partial charge on any atom is -0.379 e. The van der Waals surface area contributed by atoms with Gasteiger partial charge in [0, 0.05) is 39.3 Å². The van der Waals surface area contributed by atoms with Crippen LogP contribution in [0.1, 0.15) is 31.2 Å². The molecule has 1 atom stereocenters. The van der Waals surface area contributed by atoms with Gasteiger partial charge in [-0.05, 0) is 43.7 Å². The zero-order valence-electron chi connectivity index (χ0n) is 15.8. The van der Waals surface area contributed by atoms with Crippen LogP contribution in [0.2, 0.25) is 0 Å². The maximum absolute atomic E-state index is 5.67. The van der Waals surface area contributed by atoms with Gasteiger partial charge in [0.05, 0.1) is 6.61 Å². The summed E-state index contributed by atoms with van der Waals surface area (Å²) >= 11 is 0. The van der Waals surface area contributed by atoms with E-state index in [1.807, 2.05) is 7.05 Å². The Kier molecular flexibility index (Phi) is 9.71. The summed E-state index contributed by atoms with van der Waals surface area (Å²) in [5.41, 5.74) is 1.39. The van der Waals surface area contributed by atoms with Crippen molar-refractivity contribution in [3.05, 3.63) is 35.9 Å². The second-order valence-corrected chi connectivity index (χ2v) is 7.22. The third-order valence-corrected chi connectivity index (χ3v) is 4.91. The summed E-state index contributed by atoms with van der Waals surface area (Å²) in [6.07, 6.45) is 5.12. The predicted molar refractivity (Wildman–Crippen MR) is 118 cm³/mol. The first-order valence-corrected chi connectivity index (χ1v) is 9.64. The summed E-state index contributed by atoms with van der Waals surface area (Å²) in [5, 5.41) is 6.95. The number of ether oxygens (including phenoxy) is 1. The van der Waals surface area contributed by atoms with Crippen LogP contribution in [-0.4, -0.2) is 56.8 Å². The monoisotopic (exact) mass is 472 g/mol. The number of aliphatic imine (C=N–C) groups is 1. The van der Waals surface area contributed by atoms with Gasteiger partial charge < -0.3 is 15.4 Å². The lowest BCUT2D eigenvalue weighted by atomic mass is 10.0. The Bertz CT molecular complexity index is 536. The lowest BCUT2D eigenvalue weighted by Crippen LogP contribution is -2.51. The van der Waals surface area contributed by atoms with E-state index in [0.717, 1.165) is 44.7 Å². The van der Waals surface area contributed by atoms with E-state index in [0.29, 0.717) is 6.04 Å². The van der Waals surface area contributed by atoms with Gasteiger partial charge in [-0.25, -0.2) is 0 Å². The van der Waals surface area contributed by atoms with E-state index in [1.165, 1.54) is 37.8 Å². The SMILES string of the molecule is CN=C(NCCOCC1CC1)NC1CCCN(Cc2ccccc2)C1.I. The van der Waals surface area contributed by atoms with Crippen LogP contribution in [0.4, 0.5) is 0 Å². The summed E-state index contributed by atoms with van der Waals surface area (Å²) in [7, 11) is 1.84. The fourth-order valence-electron chi connectivity index (χ4n) is 3.32. The van der Waals surface area contributed by atoms with Gasteiger partial charge in [0.25, 0.3) is 0 Å². The van der Waals surface area contributed by atoms with E-state index in [4.69, 9.17) is 4.74 Å². The van der Waals surface area contributed by atoms with Gasteiger partial charge in [-0.3, -0.25) is 9.89 Å². The molecule has 6 heteroatoms. The maximum atomic E-state index is 5.67. The fourth-order valence-corrected chi connectivity index (χ4v) is 3.32. The summed E-state index contributed by atoms with van der Waals surface area (Å²) in [6, 6.07) is 11.2. The molecule has 1 aliphatic carbocycles. The average Bonchev–Trinajstić information content (AvgIpc) is 3.46. The number of benzene rings is 1. The van der Waals surface area contributed by atoms with Crippen molar-refractivity contribution in [2.75, 3.05) is 39.9 Å². The smallest absolute Gasteiger partial charge is 0.191 e. The highest BCUT2D eigenvalue weighted by atomic mass is 127. The Balaban J connectivity index is 0.00000243. The molecule has 0 aromatic heterocycles. The largest absolute Gasteiger partial charge is 0.379 e. The zero-order chi connectivity index (χ0) is 17.3. The molecule has 146 valence electrons.